The molecule has 0 aliphatic heterocycles. The number of rotatable bonds is 16. The zero-order chi connectivity index (χ0) is 34.7. The molecule has 0 heterocycles. The summed E-state index contributed by atoms with van der Waals surface area (Å²) in [6.45, 7) is 4.44. The largest absolute Gasteiger partial charge is 0.500 e. The van der Waals surface area contributed by atoms with Gasteiger partial charge in [-0.3, -0.25) is 0 Å². The van der Waals surface area contributed by atoms with Gasteiger partial charge < -0.3 is 28.8 Å². The summed E-state index contributed by atoms with van der Waals surface area (Å²) in [4.78, 5) is 11.4. The first-order chi connectivity index (χ1) is 23.5. The molecule has 0 aromatic carbocycles. The Hall–Kier alpha value is -1.22. The molecule has 2 N–H and O–H groups in total. The first-order valence-corrected chi connectivity index (χ1v) is 22.1. The fourth-order valence-corrected chi connectivity index (χ4v) is 9.16. The van der Waals surface area contributed by atoms with Crippen LogP contribution in [-0.2, 0) is 13.3 Å². The molecule has 0 spiro atoms. The fraction of sp³-hybridized carbons (Fsp3) is 0.923. The number of hydrogen-bond donors (Lipinski definition) is 2. The van der Waals surface area contributed by atoms with Gasteiger partial charge in [-0.15, -0.1) is 0 Å². The SMILES string of the molecule is C(=NC1CCCCC1)=NC1CCCCC1.CCCCN(C)/C(=C/C1CCCCC1)NC1CCCCC1.CNCCC[Si](OC)(OC)OC. The Labute approximate surface area is 298 Å². The topological polar surface area (TPSA) is 79.7 Å². The summed E-state index contributed by atoms with van der Waals surface area (Å²) in [5.41, 5.74) is 0. The van der Waals surface area contributed by atoms with Gasteiger partial charge in [-0.05, 0) is 89.8 Å². The summed E-state index contributed by atoms with van der Waals surface area (Å²) in [5.74, 6) is 2.25. The van der Waals surface area contributed by atoms with Crippen LogP contribution in [0, 0.1) is 5.92 Å². The van der Waals surface area contributed by atoms with Gasteiger partial charge in [-0.25, -0.2) is 9.98 Å². The lowest BCUT2D eigenvalue weighted by Crippen LogP contribution is -2.43. The van der Waals surface area contributed by atoms with Crippen LogP contribution in [0.4, 0.5) is 0 Å². The maximum atomic E-state index is 5.25. The van der Waals surface area contributed by atoms with Crippen LogP contribution in [0.25, 0.3) is 0 Å². The molecule has 4 fully saturated rings. The van der Waals surface area contributed by atoms with Crippen molar-refractivity contribution in [1.29, 1.82) is 0 Å². The van der Waals surface area contributed by atoms with Crippen molar-refractivity contribution in [3.05, 3.63) is 11.9 Å². The molecule has 8 nitrogen and oxygen atoms in total. The highest BCUT2D eigenvalue weighted by molar-refractivity contribution is 6.60. The molecule has 0 aromatic heterocycles. The molecule has 4 rings (SSSR count). The number of hydrogen-bond acceptors (Lipinski definition) is 8. The molecule has 4 aliphatic rings. The van der Waals surface area contributed by atoms with E-state index in [-0.39, 0.29) is 0 Å². The highest BCUT2D eigenvalue weighted by Crippen LogP contribution is 2.27. The van der Waals surface area contributed by atoms with Crippen LogP contribution < -0.4 is 10.6 Å². The van der Waals surface area contributed by atoms with Crippen LogP contribution in [0.5, 0.6) is 0 Å². The molecule has 0 unspecified atom stereocenters. The smallest absolute Gasteiger partial charge is 0.377 e. The molecule has 48 heavy (non-hydrogen) atoms. The van der Waals surface area contributed by atoms with Gasteiger partial charge in [-0.1, -0.05) is 90.4 Å². The fourth-order valence-electron chi connectivity index (χ4n) is 7.44. The summed E-state index contributed by atoms with van der Waals surface area (Å²) in [6, 6.07) is 5.62. The molecule has 4 saturated carbocycles. The second-order valence-electron chi connectivity index (χ2n) is 14.6. The van der Waals surface area contributed by atoms with Crippen LogP contribution in [0.1, 0.15) is 155 Å². The average molecular weight is 692 g/mol. The second kappa shape index (κ2) is 27.5. The minimum Gasteiger partial charge on any atom is -0.377 e. The second-order valence-corrected chi connectivity index (χ2v) is 17.7. The molecular formula is C39H77N5O3Si. The van der Waals surface area contributed by atoms with Gasteiger partial charge in [0.1, 0.15) is 0 Å². The number of allylic oxidation sites excluding steroid dienone is 1. The standard InChI is InChI=1S/C19H36N2.C13H22N2.C7H19NO3Si/c1-3-4-15-21(2)19(16-17-11-7-5-8-12-17)20-18-13-9-6-10-14-18;1-3-7-12(8-4-1)14-11-15-13-9-5-2-6-10-13;1-8-6-5-7-12(9-2,10-3)11-4/h16-18,20H,3-15H2,1-2H3;12-13H,1-10H2;8H,5-7H2,1-4H3/b19-16+;;. The van der Waals surface area contributed by atoms with Gasteiger partial charge in [0.25, 0.3) is 0 Å². The lowest BCUT2D eigenvalue weighted by molar-refractivity contribution is 0.123. The summed E-state index contributed by atoms with van der Waals surface area (Å²) in [6.07, 6.45) is 33.5. The predicted octanol–water partition coefficient (Wildman–Crippen LogP) is 9.36. The van der Waals surface area contributed by atoms with Gasteiger partial charge in [0.15, 0.2) is 0 Å². The van der Waals surface area contributed by atoms with Crippen LogP contribution in [0.2, 0.25) is 6.04 Å². The van der Waals surface area contributed by atoms with Gasteiger partial charge in [0, 0.05) is 47.0 Å². The van der Waals surface area contributed by atoms with E-state index in [4.69, 9.17) is 13.3 Å². The van der Waals surface area contributed by atoms with Crippen molar-refractivity contribution in [2.45, 2.75) is 179 Å². The van der Waals surface area contributed by atoms with Gasteiger partial charge in [0.05, 0.1) is 23.9 Å². The van der Waals surface area contributed by atoms with Crippen molar-refractivity contribution in [2.75, 3.05) is 48.5 Å². The van der Waals surface area contributed by atoms with Crippen molar-refractivity contribution in [3.63, 3.8) is 0 Å². The number of nitrogens with zero attached hydrogens (tertiary/aromatic N) is 3. The third kappa shape index (κ3) is 18.7. The Balaban J connectivity index is 0.000000262. The Morgan fingerprint density at radius 3 is 1.67 bits per heavy atom. The Morgan fingerprint density at radius 1 is 0.729 bits per heavy atom. The number of aliphatic imine (C=N–C) groups is 2. The van der Waals surface area contributed by atoms with Crippen molar-refractivity contribution < 1.29 is 13.3 Å². The molecule has 0 bridgehead atoms. The molecule has 280 valence electrons. The third-order valence-corrected chi connectivity index (χ3v) is 13.6. The first-order valence-electron chi connectivity index (χ1n) is 20.1. The maximum absolute atomic E-state index is 5.25. The maximum Gasteiger partial charge on any atom is 0.500 e. The highest BCUT2D eigenvalue weighted by Gasteiger charge is 2.36. The van der Waals surface area contributed by atoms with Crippen molar-refractivity contribution >= 4 is 14.8 Å². The van der Waals surface area contributed by atoms with Gasteiger partial charge in [-0.2, -0.15) is 0 Å². The third-order valence-electron chi connectivity index (χ3n) is 10.7. The Morgan fingerprint density at radius 2 is 1.21 bits per heavy atom. The Kier molecular flexibility index (Phi) is 24.6. The van der Waals surface area contributed by atoms with Crippen molar-refractivity contribution in [1.82, 2.24) is 15.5 Å². The zero-order valence-electron chi connectivity index (χ0n) is 32.3. The van der Waals surface area contributed by atoms with Crippen LogP contribution in [0.15, 0.2) is 21.9 Å². The normalized spacial score (nSPS) is 20.4. The number of nitrogens with one attached hydrogen (secondary N) is 2. The Bertz CT molecular complexity index is 825. The predicted molar refractivity (Wildman–Crippen MR) is 206 cm³/mol. The van der Waals surface area contributed by atoms with Crippen molar-refractivity contribution in [2.24, 2.45) is 15.9 Å². The van der Waals surface area contributed by atoms with E-state index < -0.39 is 8.80 Å². The van der Waals surface area contributed by atoms with E-state index in [1.165, 1.54) is 154 Å². The summed E-state index contributed by atoms with van der Waals surface area (Å²) < 4.78 is 15.7. The van der Waals surface area contributed by atoms with E-state index in [2.05, 4.69) is 51.6 Å². The summed E-state index contributed by atoms with van der Waals surface area (Å²) in [5, 5.41) is 6.97. The van der Waals surface area contributed by atoms with Gasteiger partial charge >= 0.3 is 8.80 Å². The van der Waals surface area contributed by atoms with E-state index in [0.29, 0.717) is 12.1 Å². The lowest BCUT2D eigenvalue weighted by atomic mass is 9.89. The summed E-state index contributed by atoms with van der Waals surface area (Å²) in [7, 11) is 6.82. The first kappa shape index (κ1) is 42.9. The van der Waals surface area contributed by atoms with E-state index in [1.54, 1.807) is 21.3 Å². The highest BCUT2D eigenvalue weighted by atomic mass is 28.4. The minimum absolute atomic E-state index is 0.533. The molecule has 0 saturated heterocycles. The van der Waals surface area contributed by atoms with E-state index in [0.717, 1.165) is 31.0 Å². The molecule has 0 amide bonds. The molecule has 0 aromatic rings. The lowest BCUT2D eigenvalue weighted by Gasteiger charge is -2.32. The molecule has 0 atom stereocenters. The van der Waals surface area contributed by atoms with Crippen molar-refractivity contribution in [3.8, 4) is 0 Å². The van der Waals surface area contributed by atoms with E-state index in [9.17, 15) is 0 Å². The van der Waals surface area contributed by atoms with E-state index >= 15 is 0 Å². The van der Waals surface area contributed by atoms with Crippen LogP contribution in [-0.4, -0.2) is 86.4 Å². The monoisotopic (exact) mass is 692 g/mol. The molecule has 9 heteroatoms. The molecular weight excluding hydrogens is 615 g/mol. The van der Waals surface area contributed by atoms with Gasteiger partial charge in [0.2, 0.25) is 0 Å². The molecule has 0 radical (unpaired) electrons. The van der Waals surface area contributed by atoms with Crippen LogP contribution >= 0.6 is 0 Å². The van der Waals surface area contributed by atoms with E-state index in [1.807, 2.05) is 7.05 Å². The summed E-state index contributed by atoms with van der Waals surface area (Å²) >= 11 is 0. The number of unbranched alkanes of at least 4 members (excludes halogenated alkanes) is 1. The minimum atomic E-state index is -2.29. The van der Waals surface area contributed by atoms with Crippen LogP contribution in [0.3, 0.4) is 0 Å². The zero-order valence-corrected chi connectivity index (χ0v) is 33.3. The average Bonchev–Trinajstić information content (AvgIpc) is 3.15. The molecule has 4 aliphatic carbocycles. The quantitative estimate of drug-likeness (QED) is 0.0954.